The first-order valence-corrected chi connectivity index (χ1v) is 5.33. The van der Waals surface area contributed by atoms with Crippen LogP contribution in [0.5, 0.6) is 0 Å². The van der Waals surface area contributed by atoms with Gasteiger partial charge in [0, 0.05) is 20.6 Å². The zero-order valence-electron chi connectivity index (χ0n) is 10.9. The largest absolute Gasteiger partial charge is 0.460 e. The van der Waals surface area contributed by atoms with Gasteiger partial charge in [0.2, 0.25) is 0 Å². The molecule has 2 atom stereocenters. The SMILES string of the molecule is CCC(=O)OC(C)COC.COCC(C)O. The fourth-order valence-corrected chi connectivity index (χ4v) is 0.818. The summed E-state index contributed by atoms with van der Waals surface area (Å²) in [5, 5.41) is 8.43. The van der Waals surface area contributed by atoms with Gasteiger partial charge >= 0.3 is 5.97 Å². The van der Waals surface area contributed by atoms with Crippen molar-refractivity contribution in [3.8, 4) is 0 Å². The molecular weight excluding hydrogens is 212 g/mol. The minimum absolute atomic E-state index is 0.127. The van der Waals surface area contributed by atoms with Gasteiger partial charge in [0.15, 0.2) is 0 Å². The predicted octanol–water partition coefficient (Wildman–Crippen LogP) is 0.988. The normalized spacial score (nSPS) is 13.4. The van der Waals surface area contributed by atoms with Gasteiger partial charge in [-0.15, -0.1) is 0 Å². The van der Waals surface area contributed by atoms with Gasteiger partial charge in [-0.2, -0.15) is 0 Å². The van der Waals surface area contributed by atoms with Gasteiger partial charge in [-0.3, -0.25) is 4.79 Å². The van der Waals surface area contributed by atoms with E-state index in [2.05, 4.69) is 4.74 Å². The molecule has 1 N–H and O–H groups in total. The van der Waals surface area contributed by atoms with Crippen LogP contribution in [0.4, 0.5) is 0 Å². The maximum absolute atomic E-state index is 10.6. The molecule has 0 spiro atoms. The maximum Gasteiger partial charge on any atom is 0.305 e. The van der Waals surface area contributed by atoms with Gasteiger partial charge < -0.3 is 19.3 Å². The Hall–Kier alpha value is -0.650. The molecule has 0 heterocycles. The fourth-order valence-electron chi connectivity index (χ4n) is 0.818. The topological polar surface area (TPSA) is 65.0 Å². The molecule has 0 aromatic carbocycles. The number of rotatable bonds is 6. The van der Waals surface area contributed by atoms with Crippen molar-refractivity contribution in [2.45, 2.75) is 39.4 Å². The maximum atomic E-state index is 10.6. The molecular formula is C11H24O5. The number of carbonyl (C=O) groups is 1. The van der Waals surface area contributed by atoms with Gasteiger partial charge in [-0.1, -0.05) is 6.92 Å². The summed E-state index contributed by atoms with van der Waals surface area (Å²) in [5.74, 6) is -0.176. The lowest BCUT2D eigenvalue weighted by Crippen LogP contribution is -2.18. The lowest BCUT2D eigenvalue weighted by atomic mass is 10.4. The van der Waals surface area contributed by atoms with Crippen molar-refractivity contribution in [1.82, 2.24) is 0 Å². The van der Waals surface area contributed by atoms with Crippen LogP contribution in [0.1, 0.15) is 27.2 Å². The van der Waals surface area contributed by atoms with Crippen LogP contribution in [0.25, 0.3) is 0 Å². The third kappa shape index (κ3) is 15.8. The second-order valence-electron chi connectivity index (χ2n) is 3.41. The summed E-state index contributed by atoms with van der Waals surface area (Å²) in [6.07, 6.45) is -0.0268. The molecule has 5 nitrogen and oxygen atoms in total. The van der Waals surface area contributed by atoms with Crippen molar-refractivity contribution in [2.75, 3.05) is 27.4 Å². The number of esters is 1. The van der Waals surface area contributed by atoms with Gasteiger partial charge in [-0.25, -0.2) is 0 Å². The second-order valence-corrected chi connectivity index (χ2v) is 3.41. The molecule has 0 aromatic rings. The number of carbonyl (C=O) groups excluding carboxylic acids is 1. The van der Waals surface area contributed by atoms with Crippen LogP contribution in [0.2, 0.25) is 0 Å². The van der Waals surface area contributed by atoms with Crippen molar-refractivity contribution in [2.24, 2.45) is 0 Å². The van der Waals surface area contributed by atoms with Gasteiger partial charge in [-0.05, 0) is 13.8 Å². The van der Waals surface area contributed by atoms with Gasteiger partial charge in [0.05, 0.1) is 19.3 Å². The summed E-state index contributed by atoms with van der Waals surface area (Å²) in [6.45, 7) is 6.15. The smallest absolute Gasteiger partial charge is 0.305 e. The summed E-state index contributed by atoms with van der Waals surface area (Å²) in [4.78, 5) is 10.6. The first kappa shape index (κ1) is 17.7. The average molecular weight is 236 g/mol. The molecule has 0 saturated heterocycles. The highest BCUT2D eigenvalue weighted by atomic mass is 16.6. The number of aliphatic hydroxyl groups is 1. The highest BCUT2D eigenvalue weighted by molar-refractivity contribution is 5.69. The number of aliphatic hydroxyl groups excluding tert-OH is 1. The first-order chi connectivity index (χ1) is 7.47. The molecule has 0 rings (SSSR count). The van der Waals surface area contributed by atoms with E-state index in [-0.39, 0.29) is 18.2 Å². The Kier molecular flexibility index (Phi) is 13.8. The monoisotopic (exact) mass is 236 g/mol. The summed E-state index contributed by atoms with van der Waals surface area (Å²) in [6, 6.07) is 0. The fraction of sp³-hybridized carbons (Fsp3) is 0.909. The molecule has 0 saturated carbocycles. The zero-order chi connectivity index (χ0) is 13.0. The summed E-state index contributed by atoms with van der Waals surface area (Å²) < 4.78 is 14.2. The van der Waals surface area contributed by atoms with Crippen molar-refractivity contribution < 1.29 is 24.1 Å². The molecule has 0 aliphatic carbocycles. The summed E-state index contributed by atoms with van der Waals surface area (Å²) >= 11 is 0. The molecule has 0 aliphatic heterocycles. The Balaban J connectivity index is 0. The zero-order valence-corrected chi connectivity index (χ0v) is 10.9. The van der Waals surface area contributed by atoms with E-state index in [4.69, 9.17) is 14.6 Å². The molecule has 0 fully saturated rings. The van der Waals surface area contributed by atoms with Crippen LogP contribution in [-0.2, 0) is 19.0 Å². The Morgan fingerprint density at radius 3 is 1.94 bits per heavy atom. The van der Waals surface area contributed by atoms with Crippen molar-refractivity contribution in [3.63, 3.8) is 0 Å². The third-order valence-corrected chi connectivity index (χ3v) is 1.43. The van der Waals surface area contributed by atoms with E-state index in [9.17, 15) is 4.79 Å². The Morgan fingerprint density at radius 2 is 1.69 bits per heavy atom. The first-order valence-electron chi connectivity index (χ1n) is 5.33. The second kappa shape index (κ2) is 12.4. The molecule has 0 aliphatic rings. The Labute approximate surface area is 97.7 Å². The van der Waals surface area contributed by atoms with Crippen LogP contribution in [0.3, 0.4) is 0 Å². The lowest BCUT2D eigenvalue weighted by Gasteiger charge is -2.10. The number of hydrogen-bond acceptors (Lipinski definition) is 5. The van der Waals surface area contributed by atoms with E-state index in [1.54, 1.807) is 35.0 Å². The highest BCUT2D eigenvalue weighted by Gasteiger charge is 2.05. The molecule has 2 unspecified atom stereocenters. The van der Waals surface area contributed by atoms with Crippen LogP contribution < -0.4 is 0 Å². The van der Waals surface area contributed by atoms with E-state index < -0.39 is 0 Å². The molecule has 16 heavy (non-hydrogen) atoms. The van der Waals surface area contributed by atoms with E-state index in [1.165, 1.54) is 0 Å². The van der Waals surface area contributed by atoms with Gasteiger partial charge in [0.1, 0.15) is 6.10 Å². The average Bonchev–Trinajstić information content (AvgIpc) is 2.18. The van der Waals surface area contributed by atoms with Crippen molar-refractivity contribution >= 4 is 5.97 Å². The molecule has 5 heteroatoms. The number of hydrogen-bond donors (Lipinski definition) is 1. The minimum atomic E-state index is -0.324. The van der Waals surface area contributed by atoms with Crippen LogP contribution in [0.15, 0.2) is 0 Å². The molecule has 0 amide bonds. The van der Waals surface area contributed by atoms with Gasteiger partial charge in [0.25, 0.3) is 0 Å². The van der Waals surface area contributed by atoms with E-state index in [0.29, 0.717) is 19.6 Å². The van der Waals surface area contributed by atoms with Crippen LogP contribution >= 0.6 is 0 Å². The molecule has 0 radical (unpaired) electrons. The van der Waals surface area contributed by atoms with Crippen molar-refractivity contribution in [3.05, 3.63) is 0 Å². The Bertz CT molecular complexity index is 158. The van der Waals surface area contributed by atoms with Crippen molar-refractivity contribution in [1.29, 1.82) is 0 Å². The molecule has 0 bridgehead atoms. The molecule has 98 valence electrons. The number of methoxy groups -OCH3 is 2. The third-order valence-electron chi connectivity index (χ3n) is 1.43. The summed E-state index contributed by atoms with van der Waals surface area (Å²) in [5.41, 5.74) is 0. The quantitative estimate of drug-likeness (QED) is 0.697. The molecule has 0 aromatic heterocycles. The number of ether oxygens (including phenoxy) is 3. The summed E-state index contributed by atoms with van der Waals surface area (Å²) in [7, 11) is 3.14. The Morgan fingerprint density at radius 1 is 1.19 bits per heavy atom. The minimum Gasteiger partial charge on any atom is -0.460 e. The van der Waals surface area contributed by atoms with E-state index in [1.807, 2.05) is 0 Å². The predicted molar refractivity (Wildman–Crippen MR) is 61.3 cm³/mol. The van der Waals surface area contributed by atoms with E-state index in [0.717, 1.165) is 0 Å². The standard InChI is InChI=1S/C7H14O3.C4H10O2/c1-4-7(8)10-6(2)5-9-3;1-4(5)3-6-2/h6H,4-5H2,1-3H3;4-5H,3H2,1-2H3. The van der Waals surface area contributed by atoms with Crippen LogP contribution in [0, 0.1) is 0 Å². The van der Waals surface area contributed by atoms with Crippen LogP contribution in [-0.4, -0.2) is 50.7 Å². The highest BCUT2D eigenvalue weighted by Crippen LogP contribution is 1.93. The lowest BCUT2D eigenvalue weighted by molar-refractivity contribution is -0.150. The van der Waals surface area contributed by atoms with E-state index >= 15 is 0 Å².